The molecule has 3 amide bonds. The van der Waals surface area contributed by atoms with E-state index in [9.17, 15) is 18.0 Å². The Morgan fingerprint density at radius 1 is 1.00 bits per heavy atom. The van der Waals surface area contributed by atoms with Crippen LogP contribution in [0.2, 0.25) is 0 Å². The molecule has 0 atom stereocenters. The lowest BCUT2D eigenvalue weighted by Gasteiger charge is -2.28. The molecule has 0 bridgehead atoms. The Labute approximate surface area is 194 Å². The van der Waals surface area contributed by atoms with Crippen molar-refractivity contribution >= 4 is 38.1 Å². The fourth-order valence-corrected chi connectivity index (χ4v) is 5.75. The predicted molar refractivity (Wildman–Crippen MR) is 129 cm³/mol. The Bertz CT molecular complexity index is 1090. The van der Waals surface area contributed by atoms with Crippen molar-refractivity contribution in [3.8, 4) is 0 Å². The number of thiophene rings is 1. The van der Waals surface area contributed by atoms with Crippen LogP contribution in [0.3, 0.4) is 0 Å². The van der Waals surface area contributed by atoms with Gasteiger partial charge in [0.15, 0.2) is 9.84 Å². The van der Waals surface area contributed by atoms with Gasteiger partial charge in [0.2, 0.25) is 0 Å². The van der Waals surface area contributed by atoms with Crippen molar-refractivity contribution in [2.24, 2.45) is 0 Å². The molecule has 7 nitrogen and oxygen atoms in total. The van der Waals surface area contributed by atoms with Crippen LogP contribution < -0.4 is 10.6 Å². The maximum atomic E-state index is 13.2. The summed E-state index contributed by atoms with van der Waals surface area (Å²) in [5.41, 5.74) is 0.542. The maximum Gasteiger partial charge on any atom is 0.320 e. The molecule has 32 heavy (non-hydrogen) atoms. The van der Waals surface area contributed by atoms with Crippen LogP contribution in [0, 0.1) is 0 Å². The number of hydrogen-bond donors (Lipinski definition) is 2. The number of hydrogen-bond acceptors (Lipinski definition) is 5. The van der Waals surface area contributed by atoms with Gasteiger partial charge in [0, 0.05) is 18.0 Å². The lowest BCUT2D eigenvalue weighted by atomic mass is 9.94. The van der Waals surface area contributed by atoms with Gasteiger partial charge in [0.25, 0.3) is 5.91 Å². The third-order valence-electron chi connectivity index (χ3n) is 5.48. The number of carbonyl (C=O) groups is 2. The lowest BCUT2D eigenvalue weighted by Crippen LogP contribution is -2.44. The molecule has 2 heterocycles. The molecule has 0 spiro atoms. The first-order chi connectivity index (χ1) is 14.8. The predicted octanol–water partition coefficient (Wildman–Crippen LogP) is 3.97. The third kappa shape index (κ3) is 5.69. The summed E-state index contributed by atoms with van der Waals surface area (Å²) in [5.74, 6) is -0.336. The van der Waals surface area contributed by atoms with E-state index in [1.165, 1.54) is 11.3 Å². The van der Waals surface area contributed by atoms with Crippen LogP contribution in [0.5, 0.6) is 0 Å². The molecule has 0 saturated carbocycles. The standard InChI is InChI=1S/C23H31N3O4S2/c1-22(2,3)18-15-17(20(27)26-11-13-32(29,30)14-12-26)19(31-18)24-21(28)25-23(4,5)16-9-7-6-8-10-16/h6-10,15H,11-14H2,1-5H3,(H2,24,25,28). The Morgan fingerprint density at radius 3 is 2.16 bits per heavy atom. The molecule has 9 heteroatoms. The van der Waals surface area contributed by atoms with Gasteiger partial charge in [-0.05, 0) is 30.9 Å². The number of rotatable bonds is 4. The molecule has 2 N–H and O–H groups in total. The summed E-state index contributed by atoms with van der Waals surface area (Å²) in [6, 6.07) is 11.1. The van der Waals surface area contributed by atoms with E-state index in [1.807, 2.05) is 71.0 Å². The number of urea groups is 1. The minimum Gasteiger partial charge on any atom is -0.337 e. The van der Waals surface area contributed by atoms with Gasteiger partial charge in [-0.2, -0.15) is 0 Å². The molecule has 0 radical (unpaired) electrons. The highest BCUT2D eigenvalue weighted by Crippen LogP contribution is 2.37. The van der Waals surface area contributed by atoms with Crippen molar-refractivity contribution in [1.82, 2.24) is 10.2 Å². The third-order valence-corrected chi connectivity index (χ3v) is 8.57. The van der Waals surface area contributed by atoms with E-state index in [0.717, 1.165) is 10.4 Å². The molecule has 0 unspecified atom stereocenters. The largest absolute Gasteiger partial charge is 0.337 e. The van der Waals surface area contributed by atoms with Gasteiger partial charge in [-0.3, -0.25) is 10.1 Å². The van der Waals surface area contributed by atoms with E-state index in [-0.39, 0.29) is 35.9 Å². The zero-order valence-corrected chi connectivity index (χ0v) is 20.8. The maximum absolute atomic E-state index is 13.2. The molecule has 1 aromatic heterocycles. The quantitative estimate of drug-likeness (QED) is 0.696. The minimum atomic E-state index is -3.10. The van der Waals surface area contributed by atoms with Crippen LogP contribution in [0.4, 0.5) is 9.80 Å². The van der Waals surface area contributed by atoms with Gasteiger partial charge in [-0.15, -0.1) is 11.3 Å². The van der Waals surface area contributed by atoms with Crippen LogP contribution in [-0.2, 0) is 20.8 Å². The highest BCUT2D eigenvalue weighted by atomic mass is 32.2. The van der Waals surface area contributed by atoms with Gasteiger partial charge in [0.1, 0.15) is 5.00 Å². The number of anilines is 1. The Balaban J connectivity index is 1.83. The first-order valence-corrected chi connectivity index (χ1v) is 13.2. The lowest BCUT2D eigenvalue weighted by molar-refractivity contribution is 0.0771. The zero-order valence-electron chi connectivity index (χ0n) is 19.2. The van der Waals surface area contributed by atoms with Gasteiger partial charge in [-0.25, -0.2) is 13.2 Å². The van der Waals surface area contributed by atoms with E-state index in [0.29, 0.717) is 10.6 Å². The van der Waals surface area contributed by atoms with Crippen LogP contribution in [0.25, 0.3) is 0 Å². The van der Waals surface area contributed by atoms with Gasteiger partial charge in [-0.1, -0.05) is 51.1 Å². The first kappa shape index (κ1) is 24.3. The molecule has 3 rings (SSSR count). The van der Waals surface area contributed by atoms with Crippen molar-refractivity contribution in [2.45, 2.75) is 45.6 Å². The Morgan fingerprint density at radius 2 is 1.59 bits per heavy atom. The minimum absolute atomic E-state index is 0.0382. The fourth-order valence-electron chi connectivity index (χ4n) is 3.44. The molecule has 2 aromatic rings. The molecule has 1 aliphatic rings. The number of benzene rings is 1. The van der Waals surface area contributed by atoms with Gasteiger partial charge >= 0.3 is 6.03 Å². The Kier molecular flexibility index (Phi) is 6.72. The van der Waals surface area contributed by atoms with E-state index in [4.69, 9.17) is 0 Å². The van der Waals surface area contributed by atoms with Crippen molar-refractivity contribution < 1.29 is 18.0 Å². The smallest absolute Gasteiger partial charge is 0.320 e. The van der Waals surface area contributed by atoms with E-state index >= 15 is 0 Å². The summed E-state index contributed by atoms with van der Waals surface area (Å²) in [6.45, 7) is 10.3. The number of sulfone groups is 1. The van der Waals surface area contributed by atoms with Crippen molar-refractivity contribution in [2.75, 3.05) is 29.9 Å². The van der Waals surface area contributed by atoms with E-state index in [1.54, 1.807) is 4.90 Å². The molecule has 1 saturated heterocycles. The highest BCUT2D eigenvalue weighted by Gasteiger charge is 2.31. The van der Waals surface area contributed by atoms with Crippen molar-refractivity contribution in [3.05, 3.63) is 52.4 Å². The van der Waals surface area contributed by atoms with Crippen molar-refractivity contribution in [3.63, 3.8) is 0 Å². The van der Waals surface area contributed by atoms with Crippen LogP contribution >= 0.6 is 11.3 Å². The monoisotopic (exact) mass is 477 g/mol. The number of nitrogens with one attached hydrogen (secondary N) is 2. The normalized spacial score (nSPS) is 16.5. The number of amides is 3. The summed E-state index contributed by atoms with van der Waals surface area (Å²) in [4.78, 5) is 28.6. The van der Waals surface area contributed by atoms with Gasteiger partial charge in [0.05, 0.1) is 22.6 Å². The second-order valence-corrected chi connectivity index (χ2v) is 13.0. The summed E-state index contributed by atoms with van der Waals surface area (Å²) in [5, 5.41) is 6.31. The van der Waals surface area contributed by atoms with E-state index in [2.05, 4.69) is 10.6 Å². The molecular formula is C23H31N3O4S2. The van der Waals surface area contributed by atoms with Crippen LogP contribution in [0.15, 0.2) is 36.4 Å². The number of carbonyl (C=O) groups excluding carboxylic acids is 2. The van der Waals surface area contributed by atoms with E-state index < -0.39 is 21.4 Å². The summed E-state index contributed by atoms with van der Waals surface area (Å²) < 4.78 is 23.5. The summed E-state index contributed by atoms with van der Waals surface area (Å²) in [7, 11) is -3.10. The molecule has 174 valence electrons. The molecule has 1 fully saturated rings. The van der Waals surface area contributed by atoms with Crippen LogP contribution in [0.1, 0.15) is 55.4 Å². The fraction of sp³-hybridized carbons (Fsp3) is 0.478. The first-order valence-electron chi connectivity index (χ1n) is 10.6. The SMILES string of the molecule is CC(C)(C)c1cc(C(=O)N2CCS(=O)(=O)CC2)c(NC(=O)NC(C)(C)c2ccccc2)s1. The zero-order chi connectivity index (χ0) is 23.7. The topological polar surface area (TPSA) is 95.6 Å². The summed E-state index contributed by atoms with van der Waals surface area (Å²) in [6.07, 6.45) is 0. The molecule has 0 aliphatic carbocycles. The average Bonchev–Trinajstić information content (AvgIpc) is 3.12. The number of nitrogens with zero attached hydrogens (tertiary/aromatic N) is 1. The second kappa shape index (κ2) is 8.86. The average molecular weight is 478 g/mol. The summed E-state index contributed by atoms with van der Waals surface area (Å²) >= 11 is 1.37. The van der Waals surface area contributed by atoms with Crippen molar-refractivity contribution in [1.29, 1.82) is 0 Å². The second-order valence-electron chi connectivity index (χ2n) is 9.62. The van der Waals surface area contributed by atoms with Gasteiger partial charge < -0.3 is 10.2 Å². The van der Waals surface area contributed by atoms with Crippen LogP contribution in [-0.4, -0.2) is 49.9 Å². The highest BCUT2D eigenvalue weighted by molar-refractivity contribution is 7.91. The molecule has 1 aromatic carbocycles. The molecule has 1 aliphatic heterocycles. The Hall–Kier alpha value is -2.39. The molecular weight excluding hydrogens is 446 g/mol.